The van der Waals surface area contributed by atoms with Gasteiger partial charge >= 0.3 is 0 Å². The zero-order valence-electron chi connectivity index (χ0n) is 13.7. The lowest BCUT2D eigenvalue weighted by Crippen LogP contribution is -2.54. The largest absolute Gasteiger partial charge is 0.329 e. The Morgan fingerprint density at radius 3 is 2.52 bits per heavy atom. The van der Waals surface area contributed by atoms with Crippen LogP contribution < -0.4 is 5.73 Å². The maximum Gasteiger partial charge on any atom is 0.0347 e. The molecule has 1 atom stereocenters. The fraction of sp³-hybridized carbons (Fsp3) is 0.667. The van der Waals surface area contributed by atoms with Crippen molar-refractivity contribution < 1.29 is 0 Å². The van der Waals surface area contributed by atoms with Gasteiger partial charge in [-0.2, -0.15) is 0 Å². The number of hydrogen-bond acceptors (Lipinski definition) is 3. The predicted octanol–water partition coefficient (Wildman–Crippen LogP) is 2.71. The third kappa shape index (κ3) is 4.06. The van der Waals surface area contributed by atoms with Crippen LogP contribution in [0.5, 0.6) is 0 Å². The highest BCUT2D eigenvalue weighted by molar-refractivity contribution is 5.15. The van der Waals surface area contributed by atoms with Crippen molar-refractivity contribution in [3.05, 3.63) is 35.9 Å². The van der Waals surface area contributed by atoms with Crippen LogP contribution in [-0.4, -0.2) is 48.1 Å². The van der Waals surface area contributed by atoms with Gasteiger partial charge in [0, 0.05) is 18.6 Å². The van der Waals surface area contributed by atoms with Crippen molar-refractivity contribution in [1.82, 2.24) is 9.80 Å². The average Bonchev–Trinajstić information content (AvgIpc) is 2.76. The Hall–Kier alpha value is -0.900. The topological polar surface area (TPSA) is 32.5 Å². The number of nitrogens with two attached hydrogens (primary N) is 1. The second kappa shape index (κ2) is 7.92. The maximum absolute atomic E-state index is 6.26. The molecular formula is C18H31N3. The summed E-state index contributed by atoms with van der Waals surface area (Å²) < 4.78 is 0. The molecule has 0 aromatic heterocycles. The van der Waals surface area contributed by atoms with E-state index >= 15 is 0 Å². The summed E-state index contributed by atoms with van der Waals surface area (Å²) in [6, 6.07) is 10.8. The highest BCUT2D eigenvalue weighted by atomic mass is 15.2. The van der Waals surface area contributed by atoms with Crippen LogP contribution in [0.25, 0.3) is 0 Å². The number of rotatable bonds is 6. The minimum absolute atomic E-state index is 0.175. The minimum Gasteiger partial charge on any atom is -0.329 e. The van der Waals surface area contributed by atoms with Crippen LogP contribution in [0.2, 0.25) is 0 Å². The van der Waals surface area contributed by atoms with E-state index in [2.05, 4.69) is 54.0 Å². The lowest BCUT2D eigenvalue weighted by atomic mass is 9.88. The van der Waals surface area contributed by atoms with E-state index in [4.69, 9.17) is 5.73 Å². The Morgan fingerprint density at radius 1 is 1.14 bits per heavy atom. The first kappa shape index (κ1) is 16.5. The van der Waals surface area contributed by atoms with Crippen LogP contribution in [-0.2, 0) is 6.54 Å². The fourth-order valence-electron chi connectivity index (χ4n) is 3.62. The molecule has 2 N–H and O–H groups in total. The van der Waals surface area contributed by atoms with Crippen LogP contribution in [0.4, 0.5) is 0 Å². The van der Waals surface area contributed by atoms with Crippen LogP contribution in [0, 0.1) is 0 Å². The van der Waals surface area contributed by atoms with Gasteiger partial charge in [0.05, 0.1) is 0 Å². The summed E-state index contributed by atoms with van der Waals surface area (Å²) in [6.45, 7) is 10.9. The number of hydrogen-bond donors (Lipinski definition) is 1. The smallest absolute Gasteiger partial charge is 0.0347 e. The molecule has 0 aliphatic carbocycles. The molecule has 1 fully saturated rings. The summed E-state index contributed by atoms with van der Waals surface area (Å²) in [5.41, 5.74) is 7.83. The van der Waals surface area contributed by atoms with E-state index < -0.39 is 0 Å². The Kier molecular flexibility index (Phi) is 6.22. The predicted molar refractivity (Wildman–Crippen MR) is 90.3 cm³/mol. The van der Waals surface area contributed by atoms with Crippen LogP contribution in [0.3, 0.4) is 0 Å². The summed E-state index contributed by atoms with van der Waals surface area (Å²) in [4.78, 5) is 5.18. The molecule has 1 heterocycles. The molecule has 3 nitrogen and oxygen atoms in total. The fourth-order valence-corrected chi connectivity index (χ4v) is 3.62. The molecule has 3 heteroatoms. The first-order chi connectivity index (χ1) is 10.2. The Balaban J connectivity index is 2.12. The molecule has 21 heavy (non-hydrogen) atoms. The number of likely N-dealkylation sites (N-methyl/N-ethyl adjacent to an activating group) is 1. The van der Waals surface area contributed by atoms with Crippen molar-refractivity contribution in [1.29, 1.82) is 0 Å². The second-order valence-electron chi connectivity index (χ2n) is 6.22. The molecule has 1 aliphatic heterocycles. The van der Waals surface area contributed by atoms with Crippen molar-refractivity contribution in [3.8, 4) is 0 Å². The third-order valence-corrected chi connectivity index (χ3v) is 5.11. The summed E-state index contributed by atoms with van der Waals surface area (Å²) in [7, 11) is 0. The SMILES string of the molecule is CCN1CCCC(CN)(N(CC)Cc2ccccc2)CC1. The molecule has 0 spiro atoms. The van der Waals surface area contributed by atoms with Gasteiger partial charge in [0.15, 0.2) is 0 Å². The Morgan fingerprint density at radius 2 is 1.90 bits per heavy atom. The van der Waals surface area contributed by atoms with E-state index in [-0.39, 0.29) is 5.54 Å². The zero-order chi connectivity index (χ0) is 15.1. The molecule has 1 saturated heterocycles. The molecule has 1 aromatic rings. The van der Waals surface area contributed by atoms with Gasteiger partial charge in [0.1, 0.15) is 0 Å². The van der Waals surface area contributed by atoms with Crippen molar-refractivity contribution in [3.63, 3.8) is 0 Å². The lowest BCUT2D eigenvalue weighted by Gasteiger charge is -2.43. The highest BCUT2D eigenvalue weighted by Crippen LogP contribution is 2.29. The van der Waals surface area contributed by atoms with Gasteiger partial charge in [-0.15, -0.1) is 0 Å². The normalized spacial score (nSPS) is 24.2. The monoisotopic (exact) mass is 289 g/mol. The van der Waals surface area contributed by atoms with Crippen molar-refractivity contribution in [2.24, 2.45) is 5.73 Å². The van der Waals surface area contributed by atoms with Gasteiger partial charge in [0.25, 0.3) is 0 Å². The number of likely N-dealkylation sites (tertiary alicyclic amines) is 1. The standard InChI is InChI=1S/C18H31N3/c1-3-20-13-8-11-18(16-19,12-14-20)21(4-2)15-17-9-6-5-7-10-17/h5-7,9-10H,3-4,8,11-16,19H2,1-2H3. The average molecular weight is 289 g/mol. The number of nitrogens with zero attached hydrogens (tertiary/aromatic N) is 2. The van der Waals surface area contributed by atoms with Crippen LogP contribution >= 0.6 is 0 Å². The van der Waals surface area contributed by atoms with Gasteiger partial charge in [-0.1, -0.05) is 44.2 Å². The Bertz CT molecular complexity index is 406. The van der Waals surface area contributed by atoms with Gasteiger partial charge in [-0.25, -0.2) is 0 Å². The molecule has 1 unspecified atom stereocenters. The molecule has 2 rings (SSSR count). The molecule has 1 aromatic carbocycles. The van der Waals surface area contributed by atoms with Gasteiger partial charge in [-0.3, -0.25) is 4.90 Å². The van der Waals surface area contributed by atoms with E-state index in [1.807, 2.05) is 0 Å². The third-order valence-electron chi connectivity index (χ3n) is 5.11. The first-order valence-electron chi connectivity index (χ1n) is 8.45. The van der Waals surface area contributed by atoms with E-state index in [9.17, 15) is 0 Å². The molecule has 118 valence electrons. The van der Waals surface area contributed by atoms with Gasteiger partial charge < -0.3 is 10.6 Å². The van der Waals surface area contributed by atoms with E-state index in [1.54, 1.807) is 0 Å². The van der Waals surface area contributed by atoms with Crippen molar-refractivity contribution in [2.45, 2.75) is 45.2 Å². The summed E-state index contributed by atoms with van der Waals surface area (Å²) in [5.74, 6) is 0. The first-order valence-corrected chi connectivity index (χ1v) is 8.45. The molecular weight excluding hydrogens is 258 g/mol. The van der Waals surface area contributed by atoms with Crippen LogP contribution in [0.1, 0.15) is 38.7 Å². The molecule has 0 radical (unpaired) electrons. The Labute approximate surface area is 130 Å². The van der Waals surface area contributed by atoms with E-state index in [1.165, 1.54) is 37.9 Å². The maximum atomic E-state index is 6.26. The minimum atomic E-state index is 0.175. The van der Waals surface area contributed by atoms with Crippen molar-refractivity contribution in [2.75, 3.05) is 32.7 Å². The van der Waals surface area contributed by atoms with E-state index in [0.29, 0.717) is 0 Å². The molecule has 0 saturated carbocycles. The number of benzene rings is 1. The molecule has 0 bridgehead atoms. The van der Waals surface area contributed by atoms with Gasteiger partial charge in [-0.05, 0) is 51.0 Å². The van der Waals surface area contributed by atoms with Gasteiger partial charge in [0.2, 0.25) is 0 Å². The zero-order valence-corrected chi connectivity index (χ0v) is 13.7. The summed E-state index contributed by atoms with van der Waals surface area (Å²) in [5, 5.41) is 0. The lowest BCUT2D eigenvalue weighted by molar-refractivity contribution is 0.0757. The molecule has 0 amide bonds. The van der Waals surface area contributed by atoms with E-state index in [0.717, 1.165) is 26.2 Å². The summed E-state index contributed by atoms with van der Waals surface area (Å²) in [6.07, 6.45) is 3.68. The second-order valence-corrected chi connectivity index (χ2v) is 6.22. The van der Waals surface area contributed by atoms with Crippen LogP contribution in [0.15, 0.2) is 30.3 Å². The molecule has 1 aliphatic rings. The quantitative estimate of drug-likeness (QED) is 0.874. The summed E-state index contributed by atoms with van der Waals surface area (Å²) >= 11 is 0. The highest BCUT2D eigenvalue weighted by Gasteiger charge is 2.36. The van der Waals surface area contributed by atoms with Crippen molar-refractivity contribution >= 4 is 0 Å².